The fraction of sp³-hybridized carbons (Fsp3) is 0.733. The van der Waals surface area contributed by atoms with Crippen molar-refractivity contribution in [2.45, 2.75) is 57.4 Å². The third-order valence-electron chi connectivity index (χ3n) is 4.47. The maximum atomic E-state index is 4.62. The van der Waals surface area contributed by atoms with Crippen LogP contribution in [0.3, 0.4) is 0 Å². The molecule has 3 heteroatoms. The smallest absolute Gasteiger partial charge is 0.132 e. The van der Waals surface area contributed by atoms with Gasteiger partial charge in [0, 0.05) is 30.4 Å². The third-order valence-corrected chi connectivity index (χ3v) is 4.47. The van der Waals surface area contributed by atoms with Crippen molar-refractivity contribution in [3.05, 3.63) is 23.8 Å². The van der Waals surface area contributed by atoms with E-state index >= 15 is 0 Å². The van der Waals surface area contributed by atoms with Crippen LogP contribution in [0.2, 0.25) is 0 Å². The average molecular weight is 245 g/mol. The van der Waals surface area contributed by atoms with Crippen LogP contribution in [0.1, 0.15) is 56.0 Å². The number of aromatic nitrogens is 2. The van der Waals surface area contributed by atoms with Crippen LogP contribution in [-0.4, -0.2) is 34.0 Å². The summed E-state index contributed by atoms with van der Waals surface area (Å²) in [4.78, 5) is 11.8. The second kappa shape index (κ2) is 5.35. The molecule has 1 saturated carbocycles. The van der Waals surface area contributed by atoms with Gasteiger partial charge in [-0.2, -0.15) is 0 Å². The number of nitrogens with zero attached hydrogens (tertiary/aromatic N) is 3. The van der Waals surface area contributed by atoms with Crippen LogP contribution in [0.4, 0.5) is 0 Å². The van der Waals surface area contributed by atoms with Crippen molar-refractivity contribution in [2.75, 3.05) is 13.1 Å². The molecule has 0 N–H and O–H groups in total. The average Bonchev–Trinajstić information content (AvgIpc) is 2.93. The highest BCUT2D eigenvalue weighted by Gasteiger charge is 2.29. The molecule has 1 aromatic heterocycles. The van der Waals surface area contributed by atoms with Gasteiger partial charge in [0.15, 0.2) is 0 Å². The number of aryl methyl sites for hydroxylation is 1. The Balaban J connectivity index is 1.69. The van der Waals surface area contributed by atoms with Gasteiger partial charge in [0.05, 0.1) is 0 Å². The van der Waals surface area contributed by atoms with E-state index in [1.54, 1.807) is 0 Å². The van der Waals surface area contributed by atoms with Crippen LogP contribution in [-0.2, 0) is 0 Å². The lowest BCUT2D eigenvalue weighted by Crippen LogP contribution is -2.41. The minimum Gasteiger partial charge on any atom is -0.300 e. The summed E-state index contributed by atoms with van der Waals surface area (Å²) in [5, 5.41) is 0. The maximum absolute atomic E-state index is 4.62. The Morgan fingerprint density at radius 3 is 2.78 bits per heavy atom. The first-order chi connectivity index (χ1) is 8.83. The van der Waals surface area contributed by atoms with Crippen molar-refractivity contribution >= 4 is 0 Å². The van der Waals surface area contributed by atoms with Crippen molar-refractivity contribution in [1.29, 1.82) is 0 Å². The lowest BCUT2D eigenvalue weighted by Gasteiger charge is -2.36. The van der Waals surface area contributed by atoms with Gasteiger partial charge in [0.25, 0.3) is 0 Å². The Hall–Kier alpha value is -0.960. The molecule has 1 atom stereocenters. The van der Waals surface area contributed by atoms with Gasteiger partial charge in [-0.15, -0.1) is 0 Å². The molecule has 2 fully saturated rings. The summed E-state index contributed by atoms with van der Waals surface area (Å²) < 4.78 is 0. The van der Waals surface area contributed by atoms with Gasteiger partial charge in [0.2, 0.25) is 0 Å². The second-order valence-corrected chi connectivity index (χ2v) is 5.83. The molecule has 1 aliphatic carbocycles. The van der Waals surface area contributed by atoms with Gasteiger partial charge in [-0.3, -0.25) is 4.90 Å². The Kier molecular flexibility index (Phi) is 3.59. The molecule has 3 nitrogen and oxygen atoms in total. The predicted molar refractivity (Wildman–Crippen MR) is 72.6 cm³/mol. The van der Waals surface area contributed by atoms with Gasteiger partial charge in [-0.1, -0.05) is 12.8 Å². The van der Waals surface area contributed by atoms with Crippen molar-refractivity contribution in [2.24, 2.45) is 0 Å². The molecule has 0 aromatic carbocycles. The molecule has 0 spiro atoms. The molecule has 1 aromatic rings. The Morgan fingerprint density at radius 2 is 2.00 bits per heavy atom. The van der Waals surface area contributed by atoms with E-state index in [1.807, 2.05) is 12.3 Å². The number of hydrogen-bond acceptors (Lipinski definition) is 3. The predicted octanol–water partition coefficient (Wildman–Crippen LogP) is 2.91. The topological polar surface area (TPSA) is 29.0 Å². The Morgan fingerprint density at radius 1 is 1.17 bits per heavy atom. The summed E-state index contributed by atoms with van der Waals surface area (Å²) in [6.45, 7) is 4.52. The number of piperidine rings is 1. The first kappa shape index (κ1) is 12.1. The Bertz CT molecular complexity index is 398. The molecule has 2 heterocycles. The first-order valence-electron chi connectivity index (χ1n) is 7.36. The number of hydrogen-bond donors (Lipinski definition) is 0. The van der Waals surface area contributed by atoms with E-state index in [9.17, 15) is 0 Å². The normalized spacial score (nSPS) is 26.6. The zero-order valence-electron chi connectivity index (χ0n) is 11.3. The summed E-state index contributed by atoms with van der Waals surface area (Å²) >= 11 is 0. The van der Waals surface area contributed by atoms with Crippen LogP contribution in [0.15, 0.2) is 12.3 Å². The van der Waals surface area contributed by atoms with E-state index in [-0.39, 0.29) is 0 Å². The van der Waals surface area contributed by atoms with Crippen LogP contribution in [0.25, 0.3) is 0 Å². The molecular weight excluding hydrogens is 222 g/mol. The SMILES string of the molecule is Cc1ccnc(C2CCCN(C3CCCC3)C2)n1. The Labute approximate surface area is 110 Å². The molecular formula is C15H23N3. The molecule has 0 radical (unpaired) electrons. The molecule has 3 rings (SSSR count). The largest absolute Gasteiger partial charge is 0.300 e. The van der Waals surface area contributed by atoms with Crippen molar-refractivity contribution in [3.63, 3.8) is 0 Å². The summed E-state index contributed by atoms with van der Waals surface area (Å²) in [5.41, 5.74) is 1.10. The summed E-state index contributed by atoms with van der Waals surface area (Å²) in [6.07, 6.45) is 10.1. The summed E-state index contributed by atoms with van der Waals surface area (Å²) in [5.74, 6) is 1.62. The molecule has 2 aliphatic rings. The maximum Gasteiger partial charge on any atom is 0.132 e. The van der Waals surface area contributed by atoms with E-state index in [1.165, 1.54) is 51.6 Å². The van der Waals surface area contributed by atoms with E-state index in [2.05, 4.69) is 21.8 Å². The molecule has 1 aliphatic heterocycles. The van der Waals surface area contributed by atoms with Gasteiger partial charge < -0.3 is 0 Å². The zero-order chi connectivity index (χ0) is 12.4. The quantitative estimate of drug-likeness (QED) is 0.802. The minimum absolute atomic E-state index is 0.555. The number of rotatable bonds is 2. The van der Waals surface area contributed by atoms with Crippen LogP contribution < -0.4 is 0 Å². The van der Waals surface area contributed by atoms with E-state index in [0.717, 1.165) is 17.6 Å². The fourth-order valence-corrected chi connectivity index (χ4v) is 3.48. The van der Waals surface area contributed by atoms with Crippen molar-refractivity contribution < 1.29 is 0 Å². The second-order valence-electron chi connectivity index (χ2n) is 5.83. The van der Waals surface area contributed by atoms with Crippen LogP contribution >= 0.6 is 0 Å². The van der Waals surface area contributed by atoms with Gasteiger partial charge in [0.1, 0.15) is 5.82 Å². The molecule has 1 unspecified atom stereocenters. The zero-order valence-corrected chi connectivity index (χ0v) is 11.3. The summed E-state index contributed by atoms with van der Waals surface area (Å²) in [6, 6.07) is 2.83. The molecule has 1 saturated heterocycles. The van der Waals surface area contributed by atoms with Crippen LogP contribution in [0, 0.1) is 6.92 Å². The fourth-order valence-electron chi connectivity index (χ4n) is 3.48. The molecule has 0 amide bonds. The molecule has 18 heavy (non-hydrogen) atoms. The van der Waals surface area contributed by atoms with Crippen molar-refractivity contribution in [3.8, 4) is 0 Å². The van der Waals surface area contributed by atoms with Crippen molar-refractivity contribution in [1.82, 2.24) is 14.9 Å². The van der Waals surface area contributed by atoms with Crippen LogP contribution in [0.5, 0.6) is 0 Å². The number of likely N-dealkylation sites (tertiary alicyclic amines) is 1. The van der Waals surface area contributed by atoms with E-state index in [4.69, 9.17) is 0 Å². The lowest BCUT2D eigenvalue weighted by atomic mass is 9.95. The molecule has 0 bridgehead atoms. The highest BCUT2D eigenvalue weighted by molar-refractivity contribution is 5.06. The minimum atomic E-state index is 0.555. The van der Waals surface area contributed by atoms with Gasteiger partial charge >= 0.3 is 0 Å². The summed E-state index contributed by atoms with van der Waals surface area (Å²) in [7, 11) is 0. The first-order valence-corrected chi connectivity index (χ1v) is 7.36. The van der Waals surface area contributed by atoms with E-state index in [0.29, 0.717) is 5.92 Å². The molecule has 98 valence electrons. The third kappa shape index (κ3) is 2.56. The monoisotopic (exact) mass is 245 g/mol. The standard InChI is InChI=1S/C15H23N3/c1-12-8-9-16-15(17-12)13-5-4-10-18(11-13)14-6-2-3-7-14/h8-9,13-14H,2-7,10-11H2,1H3. The lowest BCUT2D eigenvalue weighted by molar-refractivity contribution is 0.147. The highest BCUT2D eigenvalue weighted by atomic mass is 15.2. The van der Waals surface area contributed by atoms with Gasteiger partial charge in [-0.05, 0) is 45.2 Å². The van der Waals surface area contributed by atoms with Gasteiger partial charge in [-0.25, -0.2) is 9.97 Å². The van der Waals surface area contributed by atoms with E-state index < -0.39 is 0 Å². The highest BCUT2D eigenvalue weighted by Crippen LogP contribution is 2.30.